The number of ketones is 1. The van der Waals surface area contributed by atoms with Crippen LogP contribution >= 0.6 is 0 Å². The van der Waals surface area contributed by atoms with Crippen molar-refractivity contribution in [2.24, 2.45) is 0 Å². The molecular formula is C13H16O3S. The van der Waals surface area contributed by atoms with E-state index in [1.807, 2.05) is 24.3 Å². The Kier molecular flexibility index (Phi) is 3.33. The molecular weight excluding hydrogens is 236 g/mol. The summed E-state index contributed by atoms with van der Waals surface area (Å²) in [6, 6.07) is 7.52. The predicted octanol–water partition coefficient (Wildman–Crippen LogP) is 2.18. The van der Waals surface area contributed by atoms with Crippen LogP contribution in [0.15, 0.2) is 24.3 Å². The first kappa shape index (κ1) is 12.3. The van der Waals surface area contributed by atoms with Gasteiger partial charge < -0.3 is 0 Å². The Morgan fingerprint density at radius 2 is 1.76 bits per heavy atom. The molecule has 2 rings (SSSR count). The van der Waals surface area contributed by atoms with Crippen LogP contribution in [0, 0.1) is 0 Å². The van der Waals surface area contributed by atoms with Crippen LogP contribution in [0.4, 0.5) is 0 Å². The molecule has 92 valence electrons. The SMILES string of the molecule is CC(=O)c1ccccc1C1CCS(=O)(=O)CC1. The molecule has 1 aliphatic heterocycles. The van der Waals surface area contributed by atoms with Crippen molar-refractivity contribution in [3.05, 3.63) is 35.4 Å². The fraction of sp³-hybridized carbons (Fsp3) is 0.462. The Hall–Kier alpha value is -1.16. The van der Waals surface area contributed by atoms with Crippen molar-refractivity contribution in [1.82, 2.24) is 0 Å². The van der Waals surface area contributed by atoms with Gasteiger partial charge in [-0.15, -0.1) is 0 Å². The van der Waals surface area contributed by atoms with Crippen LogP contribution < -0.4 is 0 Å². The maximum atomic E-state index is 11.5. The maximum absolute atomic E-state index is 11.5. The van der Waals surface area contributed by atoms with Crippen LogP contribution in [-0.4, -0.2) is 25.7 Å². The zero-order chi connectivity index (χ0) is 12.5. The molecule has 1 aromatic carbocycles. The molecule has 0 spiro atoms. The molecule has 0 aliphatic carbocycles. The third kappa shape index (κ3) is 2.75. The first-order valence-corrected chi connectivity index (χ1v) is 7.62. The predicted molar refractivity (Wildman–Crippen MR) is 67.1 cm³/mol. The van der Waals surface area contributed by atoms with Crippen molar-refractivity contribution >= 4 is 15.6 Å². The van der Waals surface area contributed by atoms with Crippen molar-refractivity contribution in [3.63, 3.8) is 0 Å². The van der Waals surface area contributed by atoms with E-state index >= 15 is 0 Å². The molecule has 1 aliphatic rings. The van der Waals surface area contributed by atoms with E-state index in [1.54, 1.807) is 6.92 Å². The van der Waals surface area contributed by atoms with E-state index in [4.69, 9.17) is 0 Å². The molecule has 1 fully saturated rings. The molecule has 4 heteroatoms. The first-order chi connectivity index (χ1) is 7.99. The summed E-state index contributed by atoms with van der Waals surface area (Å²) < 4.78 is 22.8. The highest BCUT2D eigenvalue weighted by molar-refractivity contribution is 7.91. The van der Waals surface area contributed by atoms with Crippen LogP contribution in [0.25, 0.3) is 0 Å². The number of hydrogen-bond acceptors (Lipinski definition) is 3. The Morgan fingerprint density at radius 1 is 1.18 bits per heavy atom. The number of Topliss-reactive ketones (excluding diaryl/α,β-unsaturated/α-hetero) is 1. The lowest BCUT2D eigenvalue weighted by molar-refractivity contribution is 0.101. The van der Waals surface area contributed by atoms with E-state index in [1.165, 1.54) is 0 Å². The number of sulfone groups is 1. The van der Waals surface area contributed by atoms with Crippen LogP contribution in [0.1, 0.15) is 41.6 Å². The molecule has 1 aromatic rings. The third-order valence-electron chi connectivity index (χ3n) is 3.33. The zero-order valence-electron chi connectivity index (χ0n) is 9.85. The zero-order valence-corrected chi connectivity index (χ0v) is 10.7. The van der Waals surface area contributed by atoms with Crippen LogP contribution in [-0.2, 0) is 9.84 Å². The van der Waals surface area contributed by atoms with E-state index < -0.39 is 9.84 Å². The second-order valence-corrected chi connectivity index (χ2v) is 6.87. The molecule has 0 radical (unpaired) electrons. The number of hydrogen-bond donors (Lipinski definition) is 0. The van der Waals surface area contributed by atoms with E-state index in [2.05, 4.69) is 0 Å². The smallest absolute Gasteiger partial charge is 0.160 e. The van der Waals surface area contributed by atoms with Gasteiger partial charge in [-0.2, -0.15) is 0 Å². The monoisotopic (exact) mass is 252 g/mol. The molecule has 0 N–H and O–H groups in total. The van der Waals surface area contributed by atoms with Crippen molar-refractivity contribution in [2.75, 3.05) is 11.5 Å². The van der Waals surface area contributed by atoms with Gasteiger partial charge in [0, 0.05) is 5.56 Å². The largest absolute Gasteiger partial charge is 0.295 e. The van der Waals surface area contributed by atoms with Crippen molar-refractivity contribution in [3.8, 4) is 0 Å². The molecule has 0 amide bonds. The lowest BCUT2D eigenvalue weighted by Gasteiger charge is -2.23. The summed E-state index contributed by atoms with van der Waals surface area (Å²) in [7, 11) is -2.84. The molecule has 0 aromatic heterocycles. The Morgan fingerprint density at radius 3 is 2.35 bits per heavy atom. The second-order valence-electron chi connectivity index (χ2n) is 4.57. The number of carbonyl (C=O) groups is 1. The molecule has 17 heavy (non-hydrogen) atoms. The average molecular weight is 252 g/mol. The molecule has 3 nitrogen and oxygen atoms in total. The fourth-order valence-corrected chi connectivity index (χ4v) is 3.87. The van der Waals surface area contributed by atoms with Gasteiger partial charge >= 0.3 is 0 Å². The van der Waals surface area contributed by atoms with Gasteiger partial charge in [-0.25, -0.2) is 8.42 Å². The van der Waals surface area contributed by atoms with Gasteiger partial charge in [-0.3, -0.25) is 4.79 Å². The van der Waals surface area contributed by atoms with Gasteiger partial charge in [-0.1, -0.05) is 24.3 Å². The average Bonchev–Trinajstić information content (AvgIpc) is 2.29. The molecule has 0 saturated carbocycles. The lowest BCUT2D eigenvalue weighted by Crippen LogP contribution is -2.23. The minimum Gasteiger partial charge on any atom is -0.295 e. The highest BCUT2D eigenvalue weighted by atomic mass is 32.2. The van der Waals surface area contributed by atoms with E-state index in [0.29, 0.717) is 12.8 Å². The van der Waals surface area contributed by atoms with Gasteiger partial charge in [0.1, 0.15) is 9.84 Å². The van der Waals surface area contributed by atoms with E-state index in [9.17, 15) is 13.2 Å². The van der Waals surface area contributed by atoms with Gasteiger partial charge in [0.15, 0.2) is 5.78 Å². The summed E-state index contributed by atoms with van der Waals surface area (Å²) in [5.41, 5.74) is 1.74. The van der Waals surface area contributed by atoms with Crippen molar-refractivity contribution < 1.29 is 13.2 Å². The molecule has 1 saturated heterocycles. The summed E-state index contributed by atoms with van der Waals surface area (Å²) in [5.74, 6) is 0.737. The summed E-state index contributed by atoms with van der Waals surface area (Å²) in [6.07, 6.45) is 1.26. The Bertz CT molecular complexity index is 517. The normalized spacial score (nSPS) is 20.1. The van der Waals surface area contributed by atoms with Crippen LogP contribution in [0.3, 0.4) is 0 Å². The molecule has 1 heterocycles. The fourth-order valence-electron chi connectivity index (χ4n) is 2.37. The van der Waals surface area contributed by atoms with Crippen molar-refractivity contribution in [2.45, 2.75) is 25.7 Å². The Labute approximate surface area is 102 Å². The quantitative estimate of drug-likeness (QED) is 0.758. The van der Waals surface area contributed by atoms with Gasteiger partial charge in [-0.05, 0) is 31.2 Å². The van der Waals surface area contributed by atoms with Crippen molar-refractivity contribution in [1.29, 1.82) is 0 Å². The van der Waals surface area contributed by atoms with Gasteiger partial charge in [0.05, 0.1) is 11.5 Å². The third-order valence-corrected chi connectivity index (χ3v) is 5.05. The van der Waals surface area contributed by atoms with Crippen LogP contribution in [0.5, 0.6) is 0 Å². The molecule has 0 atom stereocenters. The maximum Gasteiger partial charge on any atom is 0.160 e. The minimum absolute atomic E-state index is 0.0500. The molecule has 0 unspecified atom stereocenters. The van der Waals surface area contributed by atoms with Gasteiger partial charge in [0.25, 0.3) is 0 Å². The first-order valence-electron chi connectivity index (χ1n) is 5.80. The molecule has 0 bridgehead atoms. The highest BCUT2D eigenvalue weighted by Gasteiger charge is 2.26. The highest BCUT2D eigenvalue weighted by Crippen LogP contribution is 2.31. The number of rotatable bonds is 2. The van der Waals surface area contributed by atoms with Gasteiger partial charge in [0.2, 0.25) is 0 Å². The number of carbonyl (C=O) groups excluding carboxylic acids is 1. The number of benzene rings is 1. The van der Waals surface area contributed by atoms with Crippen LogP contribution in [0.2, 0.25) is 0 Å². The summed E-state index contributed by atoms with van der Waals surface area (Å²) in [5, 5.41) is 0. The second kappa shape index (κ2) is 4.61. The summed E-state index contributed by atoms with van der Waals surface area (Å²) >= 11 is 0. The standard InChI is InChI=1S/C13H16O3S/c1-10(14)12-4-2-3-5-13(12)11-6-8-17(15,16)9-7-11/h2-5,11H,6-9H2,1H3. The van der Waals surface area contributed by atoms with E-state index in [-0.39, 0.29) is 23.2 Å². The topological polar surface area (TPSA) is 51.2 Å². The lowest BCUT2D eigenvalue weighted by atomic mass is 9.88. The summed E-state index contributed by atoms with van der Waals surface area (Å²) in [6.45, 7) is 1.55. The summed E-state index contributed by atoms with van der Waals surface area (Å²) in [4.78, 5) is 11.5. The minimum atomic E-state index is -2.84. The Balaban J connectivity index is 2.27. The van der Waals surface area contributed by atoms with E-state index in [0.717, 1.165) is 11.1 Å².